The molecule has 0 saturated carbocycles. The van der Waals surface area contributed by atoms with E-state index in [2.05, 4.69) is 40.4 Å². The Morgan fingerprint density at radius 2 is 1.83 bits per heavy atom. The third-order valence-electron chi connectivity index (χ3n) is 4.98. The molecule has 132 valence electrons. The largest absolute Gasteiger partial charge is 0.490 e. The van der Waals surface area contributed by atoms with Crippen molar-refractivity contribution in [3.05, 3.63) is 48.2 Å². The van der Waals surface area contributed by atoms with Crippen LogP contribution in [0, 0.1) is 5.92 Å². The van der Waals surface area contributed by atoms with E-state index in [-0.39, 0.29) is 29.6 Å². The van der Waals surface area contributed by atoms with Gasteiger partial charge in [-0.25, -0.2) is 4.79 Å². The van der Waals surface area contributed by atoms with Gasteiger partial charge in [0.05, 0.1) is 17.2 Å². The molecule has 0 aromatic heterocycles. The quantitative estimate of drug-likeness (QED) is 0.565. The number of ether oxygens (including phenoxy) is 2. The Hall–Kier alpha value is -1.59. The van der Waals surface area contributed by atoms with Gasteiger partial charge in [0.15, 0.2) is 8.32 Å². The molecule has 2 atom stereocenters. The number of esters is 1. The van der Waals surface area contributed by atoms with Crippen molar-refractivity contribution in [3.63, 3.8) is 0 Å². The third-order valence-corrected chi connectivity index (χ3v) is 9.48. The zero-order valence-electron chi connectivity index (χ0n) is 15.3. The summed E-state index contributed by atoms with van der Waals surface area (Å²) in [6.07, 6.45) is -0.171. The summed E-state index contributed by atoms with van der Waals surface area (Å²) in [6, 6.07) is 8.97. The second-order valence-electron chi connectivity index (χ2n) is 7.76. The molecule has 2 rings (SSSR count). The monoisotopic (exact) mass is 348 g/mol. The maximum atomic E-state index is 12.0. The summed E-state index contributed by atoms with van der Waals surface area (Å²) in [5, 5.41) is 0.161. The molecule has 0 radical (unpaired) electrons. The molecule has 0 aliphatic carbocycles. The van der Waals surface area contributed by atoms with Gasteiger partial charge in [-0.15, -0.1) is 0 Å². The molecule has 0 amide bonds. The molecule has 4 nitrogen and oxygen atoms in total. The molecule has 1 saturated heterocycles. The summed E-state index contributed by atoms with van der Waals surface area (Å²) in [4.78, 5) is 12.0. The van der Waals surface area contributed by atoms with Crippen molar-refractivity contribution < 1.29 is 18.7 Å². The van der Waals surface area contributed by atoms with Crippen molar-refractivity contribution >= 4 is 14.3 Å². The Labute approximate surface area is 145 Å². The first-order valence-corrected chi connectivity index (χ1v) is 11.2. The normalized spacial score (nSPS) is 21.0. The summed E-state index contributed by atoms with van der Waals surface area (Å²) in [5.41, 5.74) is 0.546. The predicted octanol–water partition coefficient (Wildman–Crippen LogP) is 4.39. The zero-order valence-corrected chi connectivity index (χ0v) is 16.3. The van der Waals surface area contributed by atoms with Gasteiger partial charge in [-0.1, -0.05) is 45.5 Å². The van der Waals surface area contributed by atoms with Gasteiger partial charge in [0.25, 0.3) is 0 Å². The van der Waals surface area contributed by atoms with Crippen LogP contribution in [-0.2, 0) is 13.9 Å². The molecule has 0 bridgehead atoms. The van der Waals surface area contributed by atoms with E-state index in [9.17, 15) is 4.79 Å². The minimum atomic E-state index is -1.81. The Morgan fingerprint density at radius 3 is 2.38 bits per heavy atom. The lowest BCUT2D eigenvalue weighted by Crippen LogP contribution is -2.48. The number of hydrogen-bond donors (Lipinski definition) is 0. The molecular formula is C19H28O4Si. The van der Waals surface area contributed by atoms with Crippen LogP contribution in [0.1, 0.15) is 31.1 Å². The fourth-order valence-electron chi connectivity index (χ4n) is 2.18. The minimum Gasteiger partial charge on any atom is -0.490 e. The molecule has 1 aliphatic rings. The highest BCUT2D eigenvalue weighted by molar-refractivity contribution is 6.74. The molecule has 24 heavy (non-hydrogen) atoms. The molecular weight excluding hydrogens is 320 g/mol. The van der Waals surface area contributed by atoms with Crippen LogP contribution < -0.4 is 0 Å². The lowest BCUT2D eigenvalue weighted by atomic mass is 9.96. The van der Waals surface area contributed by atoms with Crippen LogP contribution in [0.25, 0.3) is 0 Å². The first kappa shape index (κ1) is 18.7. The van der Waals surface area contributed by atoms with Crippen molar-refractivity contribution in [1.82, 2.24) is 0 Å². The second-order valence-corrected chi connectivity index (χ2v) is 12.6. The van der Waals surface area contributed by atoms with Crippen LogP contribution in [0.4, 0.5) is 0 Å². The highest BCUT2D eigenvalue weighted by Gasteiger charge is 2.42. The Bertz CT molecular complexity index is 589. The summed E-state index contributed by atoms with van der Waals surface area (Å²) in [7, 11) is -1.81. The molecule has 1 aliphatic heterocycles. The average molecular weight is 349 g/mol. The van der Waals surface area contributed by atoms with E-state index >= 15 is 0 Å². The molecule has 5 heteroatoms. The fraction of sp³-hybridized carbons (Fsp3) is 0.526. The van der Waals surface area contributed by atoms with Gasteiger partial charge in [-0.05, 0) is 30.3 Å². The molecule has 0 spiro atoms. The number of carbonyl (C=O) groups is 1. The summed E-state index contributed by atoms with van der Waals surface area (Å²) in [5.74, 6) is 0.470. The van der Waals surface area contributed by atoms with Crippen LogP contribution in [0.2, 0.25) is 18.1 Å². The van der Waals surface area contributed by atoms with Gasteiger partial charge < -0.3 is 13.9 Å². The topological polar surface area (TPSA) is 44.8 Å². The van der Waals surface area contributed by atoms with Crippen LogP contribution >= 0.6 is 0 Å². The number of rotatable bonds is 6. The van der Waals surface area contributed by atoms with E-state index in [1.165, 1.54) is 0 Å². The van der Waals surface area contributed by atoms with E-state index in [1.807, 2.05) is 18.2 Å². The lowest BCUT2D eigenvalue weighted by Gasteiger charge is -2.42. The van der Waals surface area contributed by atoms with Crippen molar-refractivity contribution in [2.24, 2.45) is 5.92 Å². The van der Waals surface area contributed by atoms with Crippen LogP contribution in [0.5, 0.6) is 0 Å². The maximum absolute atomic E-state index is 12.0. The Morgan fingerprint density at radius 1 is 1.21 bits per heavy atom. The number of hydrogen-bond acceptors (Lipinski definition) is 4. The average Bonchev–Trinajstić information content (AvgIpc) is 2.50. The minimum absolute atomic E-state index is 0.0858. The van der Waals surface area contributed by atoms with E-state index in [4.69, 9.17) is 13.9 Å². The Kier molecular flexibility index (Phi) is 5.55. The van der Waals surface area contributed by atoms with Gasteiger partial charge in [0, 0.05) is 6.61 Å². The second kappa shape index (κ2) is 7.11. The highest BCUT2D eigenvalue weighted by Crippen LogP contribution is 2.39. The van der Waals surface area contributed by atoms with Gasteiger partial charge in [0.2, 0.25) is 0 Å². The van der Waals surface area contributed by atoms with Gasteiger partial charge >= 0.3 is 5.97 Å². The molecule has 0 N–H and O–H groups in total. The molecule has 1 heterocycles. The van der Waals surface area contributed by atoms with Crippen molar-refractivity contribution in [2.75, 3.05) is 13.2 Å². The van der Waals surface area contributed by atoms with E-state index in [1.54, 1.807) is 12.1 Å². The van der Waals surface area contributed by atoms with Gasteiger partial charge in [-0.2, -0.15) is 0 Å². The molecule has 1 aromatic carbocycles. The molecule has 0 unspecified atom stereocenters. The van der Waals surface area contributed by atoms with Crippen molar-refractivity contribution in [2.45, 2.75) is 45.0 Å². The third kappa shape index (κ3) is 4.27. The zero-order chi connectivity index (χ0) is 18.0. The van der Waals surface area contributed by atoms with Gasteiger partial charge in [-0.3, -0.25) is 0 Å². The summed E-state index contributed by atoms with van der Waals surface area (Å²) >= 11 is 0. The predicted molar refractivity (Wildman–Crippen MR) is 97.4 cm³/mol. The molecule has 1 aromatic rings. The van der Waals surface area contributed by atoms with Crippen LogP contribution in [0.15, 0.2) is 42.7 Å². The first-order chi connectivity index (χ1) is 11.1. The van der Waals surface area contributed by atoms with Crippen LogP contribution in [0.3, 0.4) is 0 Å². The smallest absolute Gasteiger partial charge is 0.338 e. The van der Waals surface area contributed by atoms with Gasteiger partial charge in [0.1, 0.15) is 12.7 Å². The first-order valence-electron chi connectivity index (χ1n) is 8.33. The fourth-order valence-corrected chi connectivity index (χ4v) is 3.21. The SMILES string of the molecule is C=C1O[C@H](COC(=O)c2ccccc2)[C@H]1CO[Si](C)(C)C(C)(C)C. The van der Waals surface area contributed by atoms with Crippen molar-refractivity contribution in [3.8, 4) is 0 Å². The number of carbonyl (C=O) groups excluding carboxylic acids is 1. The summed E-state index contributed by atoms with van der Waals surface area (Å²) in [6.45, 7) is 15.8. The highest BCUT2D eigenvalue weighted by atomic mass is 28.4. The van der Waals surface area contributed by atoms with Crippen molar-refractivity contribution in [1.29, 1.82) is 0 Å². The Balaban J connectivity index is 1.84. The molecule has 1 fully saturated rings. The van der Waals surface area contributed by atoms with E-state index in [0.717, 1.165) is 5.76 Å². The summed E-state index contributed by atoms with van der Waals surface area (Å²) < 4.78 is 17.2. The van der Waals surface area contributed by atoms with E-state index in [0.29, 0.717) is 12.2 Å². The lowest BCUT2D eigenvalue weighted by molar-refractivity contribution is -0.0912. The maximum Gasteiger partial charge on any atom is 0.338 e. The van der Waals surface area contributed by atoms with Crippen LogP contribution in [-0.4, -0.2) is 33.6 Å². The van der Waals surface area contributed by atoms with E-state index < -0.39 is 8.32 Å². The standard InChI is InChI=1S/C19H28O4Si/c1-14-16(12-22-24(5,6)19(2,3)4)17(23-14)13-21-18(20)15-10-8-7-9-11-15/h7-11,16-17H,1,12-13H2,2-6H3/t16-,17+/m0/s1. The number of benzene rings is 1.